The van der Waals surface area contributed by atoms with Crippen molar-refractivity contribution in [1.82, 2.24) is 0 Å². The van der Waals surface area contributed by atoms with Crippen molar-refractivity contribution in [3.8, 4) is 22.6 Å². The molecule has 0 saturated carbocycles. The zero-order chi connectivity index (χ0) is 16.9. The summed E-state index contributed by atoms with van der Waals surface area (Å²) >= 11 is 0. The van der Waals surface area contributed by atoms with Crippen molar-refractivity contribution in [2.75, 3.05) is 7.11 Å². The maximum absolute atomic E-state index is 5.82. The summed E-state index contributed by atoms with van der Waals surface area (Å²) in [6.07, 6.45) is 0. The lowest BCUT2D eigenvalue weighted by Crippen LogP contribution is -1.93. The monoisotopic (exact) mass is 316 g/mol. The minimum Gasteiger partial charge on any atom is -0.497 e. The molecule has 0 aromatic heterocycles. The predicted octanol–water partition coefficient (Wildman–Crippen LogP) is 5.72. The van der Waals surface area contributed by atoms with Gasteiger partial charge in [0.1, 0.15) is 17.3 Å². The summed E-state index contributed by atoms with van der Waals surface area (Å²) in [5, 5.41) is 0. The molecule has 2 heteroatoms. The fraction of sp³-hybridized carbons (Fsp3) is 0.0909. The van der Waals surface area contributed by atoms with Gasteiger partial charge in [-0.3, -0.25) is 0 Å². The molecular weight excluding hydrogens is 296 g/mol. The average molecular weight is 316 g/mol. The highest BCUT2D eigenvalue weighted by Gasteiger charge is 2.04. The molecule has 0 spiro atoms. The zero-order valence-electron chi connectivity index (χ0n) is 14.0. The molecule has 2 nitrogen and oxygen atoms in total. The second-order valence-electron chi connectivity index (χ2n) is 5.64. The molecule has 0 bridgehead atoms. The molecule has 24 heavy (non-hydrogen) atoms. The lowest BCUT2D eigenvalue weighted by atomic mass is 10.0. The molecule has 0 aliphatic carbocycles. The van der Waals surface area contributed by atoms with Crippen LogP contribution in [0.25, 0.3) is 16.9 Å². The molecule has 3 aromatic rings. The third-order valence-electron chi connectivity index (χ3n) is 3.89. The molecule has 0 amide bonds. The van der Waals surface area contributed by atoms with Crippen LogP contribution in [0.2, 0.25) is 0 Å². The molecule has 0 saturated heterocycles. The van der Waals surface area contributed by atoms with Gasteiger partial charge < -0.3 is 9.47 Å². The molecule has 3 aromatic carbocycles. The highest BCUT2D eigenvalue weighted by Crippen LogP contribution is 2.25. The minimum absolute atomic E-state index is 0.639. The van der Waals surface area contributed by atoms with Crippen molar-refractivity contribution < 1.29 is 9.47 Å². The first-order valence-corrected chi connectivity index (χ1v) is 7.84. The maximum Gasteiger partial charge on any atom is 0.127 e. The van der Waals surface area contributed by atoms with E-state index in [-0.39, 0.29) is 0 Å². The van der Waals surface area contributed by atoms with Crippen LogP contribution >= 0.6 is 0 Å². The highest BCUT2D eigenvalue weighted by atomic mass is 16.5. The fourth-order valence-electron chi connectivity index (χ4n) is 2.44. The quantitative estimate of drug-likeness (QED) is 0.560. The van der Waals surface area contributed by atoms with E-state index in [1.54, 1.807) is 7.11 Å². The number of benzene rings is 3. The van der Waals surface area contributed by atoms with Gasteiger partial charge in [-0.15, -0.1) is 0 Å². The van der Waals surface area contributed by atoms with Gasteiger partial charge in [0, 0.05) is 5.56 Å². The van der Waals surface area contributed by atoms with Crippen molar-refractivity contribution >= 4 is 5.76 Å². The molecule has 0 N–H and O–H groups in total. The Morgan fingerprint density at radius 1 is 0.708 bits per heavy atom. The largest absolute Gasteiger partial charge is 0.497 e. The molecular formula is C22H20O2. The van der Waals surface area contributed by atoms with Gasteiger partial charge in [-0.05, 0) is 42.3 Å². The van der Waals surface area contributed by atoms with E-state index in [2.05, 4.69) is 25.6 Å². The van der Waals surface area contributed by atoms with Gasteiger partial charge >= 0.3 is 0 Å². The topological polar surface area (TPSA) is 18.5 Å². The third kappa shape index (κ3) is 3.66. The van der Waals surface area contributed by atoms with E-state index in [1.165, 1.54) is 5.56 Å². The van der Waals surface area contributed by atoms with Crippen LogP contribution in [0.3, 0.4) is 0 Å². The van der Waals surface area contributed by atoms with Crippen LogP contribution in [-0.2, 0) is 0 Å². The molecule has 0 aliphatic heterocycles. The van der Waals surface area contributed by atoms with E-state index >= 15 is 0 Å². The lowest BCUT2D eigenvalue weighted by Gasteiger charge is -2.10. The Morgan fingerprint density at radius 3 is 1.75 bits per heavy atom. The molecule has 0 aliphatic rings. The second-order valence-corrected chi connectivity index (χ2v) is 5.64. The standard InChI is InChI=1S/C22H20O2/c1-16-4-12-22(13-5-16)24-17(2)18-6-8-19(9-7-18)20-10-14-21(23-3)15-11-20/h4-15H,2H2,1,3H3. The zero-order valence-corrected chi connectivity index (χ0v) is 14.0. The predicted molar refractivity (Wildman–Crippen MR) is 99.3 cm³/mol. The van der Waals surface area contributed by atoms with Crippen molar-refractivity contribution in [2.45, 2.75) is 6.92 Å². The lowest BCUT2D eigenvalue weighted by molar-refractivity contribution is 0.415. The molecule has 120 valence electrons. The fourth-order valence-corrected chi connectivity index (χ4v) is 2.44. The van der Waals surface area contributed by atoms with Crippen LogP contribution in [0.5, 0.6) is 11.5 Å². The number of hydrogen-bond acceptors (Lipinski definition) is 2. The highest BCUT2D eigenvalue weighted by molar-refractivity contribution is 5.68. The summed E-state index contributed by atoms with van der Waals surface area (Å²) < 4.78 is 11.0. The Labute approximate surface area is 143 Å². The SMILES string of the molecule is C=C(Oc1ccc(C)cc1)c1ccc(-c2ccc(OC)cc2)cc1. The summed E-state index contributed by atoms with van der Waals surface area (Å²) in [6.45, 7) is 6.08. The first kappa shape index (κ1) is 15.9. The van der Waals surface area contributed by atoms with Crippen molar-refractivity contribution in [2.24, 2.45) is 0 Å². The van der Waals surface area contributed by atoms with Crippen molar-refractivity contribution in [3.63, 3.8) is 0 Å². The van der Waals surface area contributed by atoms with Gasteiger partial charge in [0.25, 0.3) is 0 Å². The van der Waals surface area contributed by atoms with Gasteiger partial charge in [0.2, 0.25) is 0 Å². The summed E-state index contributed by atoms with van der Waals surface area (Å²) in [6, 6.07) is 24.2. The summed E-state index contributed by atoms with van der Waals surface area (Å²) in [7, 11) is 1.67. The molecule has 0 fully saturated rings. The van der Waals surface area contributed by atoms with Gasteiger partial charge in [-0.25, -0.2) is 0 Å². The average Bonchev–Trinajstić information content (AvgIpc) is 2.64. The number of ether oxygens (including phenoxy) is 2. The van der Waals surface area contributed by atoms with Gasteiger partial charge in [0.05, 0.1) is 7.11 Å². The number of hydrogen-bond donors (Lipinski definition) is 0. The molecule has 3 rings (SSSR count). The van der Waals surface area contributed by atoms with Crippen molar-refractivity contribution in [1.29, 1.82) is 0 Å². The molecule has 0 radical (unpaired) electrons. The van der Waals surface area contributed by atoms with Crippen molar-refractivity contribution in [3.05, 3.63) is 90.5 Å². The van der Waals surface area contributed by atoms with Gasteiger partial charge in [-0.1, -0.05) is 60.7 Å². The Kier molecular flexibility index (Phi) is 4.66. The smallest absolute Gasteiger partial charge is 0.127 e. The summed E-state index contributed by atoms with van der Waals surface area (Å²) in [4.78, 5) is 0. The van der Waals surface area contributed by atoms with E-state index in [0.29, 0.717) is 5.76 Å². The Balaban J connectivity index is 1.73. The van der Waals surface area contributed by atoms with Crippen LogP contribution in [0, 0.1) is 6.92 Å². The number of methoxy groups -OCH3 is 1. The van der Waals surface area contributed by atoms with E-state index < -0.39 is 0 Å². The molecule has 0 atom stereocenters. The van der Waals surface area contributed by atoms with E-state index in [0.717, 1.165) is 28.2 Å². The van der Waals surface area contributed by atoms with Crippen LogP contribution in [0.15, 0.2) is 79.4 Å². The third-order valence-corrected chi connectivity index (χ3v) is 3.89. The normalized spacial score (nSPS) is 10.2. The molecule has 0 unspecified atom stereocenters. The first-order chi connectivity index (χ1) is 11.7. The second kappa shape index (κ2) is 7.05. The Bertz CT molecular complexity index is 813. The summed E-state index contributed by atoms with van der Waals surface area (Å²) in [5.41, 5.74) is 4.46. The van der Waals surface area contributed by atoms with Gasteiger partial charge in [0.15, 0.2) is 0 Å². The van der Waals surface area contributed by atoms with E-state index in [1.807, 2.05) is 60.7 Å². The van der Waals surface area contributed by atoms with E-state index in [4.69, 9.17) is 9.47 Å². The van der Waals surface area contributed by atoms with Crippen LogP contribution in [-0.4, -0.2) is 7.11 Å². The summed E-state index contributed by atoms with van der Waals surface area (Å²) in [5.74, 6) is 2.29. The van der Waals surface area contributed by atoms with Crippen LogP contribution < -0.4 is 9.47 Å². The minimum atomic E-state index is 0.639. The first-order valence-electron chi connectivity index (χ1n) is 7.84. The van der Waals surface area contributed by atoms with Crippen LogP contribution in [0.1, 0.15) is 11.1 Å². The van der Waals surface area contributed by atoms with Gasteiger partial charge in [-0.2, -0.15) is 0 Å². The molecule has 0 heterocycles. The number of aryl methyl sites for hydroxylation is 1. The van der Waals surface area contributed by atoms with Crippen LogP contribution in [0.4, 0.5) is 0 Å². The Hall–Kier alpha value is -3.00. The van der Waals surface area contributed by atoms with E-state index in [9.17, 15) is 0 Å². The maximum atomic E-state index is 5.82. The number of rotatable bonds is 5. The Morgan fingerprint density at radius 2 is 1.21 bits per heavy atom.